The number of aryl methyl sites for hydroxylation is 1. The molecule has 0 saturated carbocycles. The number of rotatable bonds is 6. The van der Waals surface area contributed by atoms with E-state index >= 15 is 0 Å². The Balaban J connectivity index is 1.72. The van der Waals surface area contributed by atoms with Gasteiger partial charge in [0.05, 0.1) is 11.3 Å². The first-order chi connectivity index (χ1) is 12.7. The molecule has 0 atom stereocenters. The Morgan fingerprint density at radius 2 is 1.63 bits per heavy atom. The second-order valence-corrected chi connectivity index (χ2v) is 6.48. The maximum atomic E-state index is 14.3. The molecule has 0 aliphatic carbocycles. The summed E-state index contributed by atoms with van der Waals surface area (Å²) in [7, 11) is -3.44. The molecule has 10 heteroatoms. The van der Waals surface area contributed by atoms with Crippen LogP contribution in [0, 0.1) is 11.6 Å². The van der Waals surface area contributed by atoms with Crippen molar-refractivity contribution in [2.45, 2.75) is 6.61 Å². The fourth-order valence-corrected chi connectivity index (χ4v) is 2.66. The first-order valence-electron chi connectivity index (χ1n) is 7.56. The van der Waals surface area contributed by atoms with Gasteiger partial charge in [0.1, 0.15) is 29.7 Å². The summed E-state index contributed by atoms with van der Waals surface area (Å²) in [5.41, 5.74) is 0.450. The number of benzene rings is 2. The monoisotopic (exact) mass is 398 g/mol. The van der Waals surface area contributed by atoms with E-state index < -0.39 is 28.7 Å². The highest BCUT2D eigenvalue weighted by molar-refractivity contribution is 7.81. The second-order valence-electron chi connectivity index (χ2n) is 5.53. The van der Waals surface area contributed by atoms with Gasteiger partial charge in [-0.15, -0.1) is 0 Å². The third-order valence-corrected chi connectivity index (χ3v) is 3.94. The molecule has 3 aromatic rings. The van der Waals surface area contributed by atoms with Crippen LogP contribution in [0.25, 0.3) is 11.3 Å². The van der Waals surface area contributed by atoms with Crippen molar-refractivity contribution in [1.82, 2.24) is 9.78 Å². The summed E-state index contributed by atoms with van der Waals surface area (Å²) in [6.45, 7) is -0.401. The minimum Gasteiger partial charge on any atom is -0.489 e. The fourth-order valence-electron chi connectivity index (χ4n) is 2.32. The molecule has 3 rings (SSSR count). The van der Waals surface area contributed by atoms with Crippen molar-refractivity contribution >= 4 is 10.5 Å². The fraction of sp³-hybridized carbons (Fsp3) is 0.118. The van der Waals surface area contributed by atoms with Gasteiger partial charge in [-0.05, 0) is 42.5 Å². The van der Waals surface area contributed by atoms with Crippen molar-refractivity contribution in [2.24, 2.45) is 7.05 Å². The Morgan fingerprint density at radius 3 is 2.15 bits per heavy atom. The topological polar surface area (TPSA) is 70.4 Å². The molecule has 1 aromatic heterocycles. The van der Waals surface area contributed by atoms with Gasteiger partial charge >= 0.3 is 10.5 Å². The summed E-state index contributed by atoms with van der Waals surface area (Å²) >= 11 is 0. The molecule has 0 N–H and O–H groups in total. The van der Waals surface area contributed by atoms with Crippen molar-refractivity contribution in [3.8, 4) is 22.8 Å². The first-order valence-corrected chi connectivity index (χ1v) is 8.87. The largest absolute Gasteiger partial charge is 0.489 e. The lowest BCUT2D eigenvalue weighted by Crippen LogP contribution is -2.03. The predicted molar refractivity (Wildman–Crippen MR) is 90.0 cm³/mol. The molecule has 0 spiro atoms. The Hall–Kier alpha value is -3.01. The van der Waals surface area contributed by atoms with Gasteiger partial charge in [0, 0.05) is 18.8 Å². The van der Waals surface area contributed by atoms with Crippen molar-refractivity contribution in [3.05, 3.63) is 65.9 Å². The Kier molecular flexibility index (Phi) is 5.08. The van der Waals surface area contributed by atoms with Gasteiger partial charge < -0.3 is 8.92 Å². The molecule has 6 nitrogen and oxygen atoms in total. The zero-order valence-corrected chi connectivity index (χ0v) is 14.7. The summed E-state index contributed by atoms with van der Waals surface area (Å²) in [6.07, 6.45) is 1.66. The molecule has 27 heavy (non-hydrogen) atoms. The smallest absolute Gasteiger partial charge is 0.488 e. The highest BCUT2D eigenvalue weighted by atomic mass is 32.3. The lowest BCUT2D eigenvalue weighted by molar-refractivity contribution is 0.292. The minimum atomic E-state index is -5.13. The predicted octanol–water partition coefficient (Wildman–Crippen LogP) is 3.54. The van der Waals surface area contributed by atoms with Gasteiger partial charge in [0.2, 0.25) is 0 Å². The Morgan fingerprint density at radius 1 is 1.04 bits per heavy atom. The molecule has 0 aliphatic heterocycles. The molecule has 142 valence electrons. The van der Waals surface area contributed by atoms with E-state index in [0.29, 0.717) is 11.3 Å². The quantitative estimate of drug-likeness (QED) is 0.594. The van der Waals surface area contributed by atoms with Crippen molar-refractivity contribution in [3.63, 3.8) is 0 Å². The maximum absolute atomic E-state index is 14.3. The van der Waals surface area contributed by atoms with Crippen LogP contribution < -0.4 is 8.92 Å². The molecular weight excluding hydrogens is 385 g/mol. The van der Waals surface area contributed by atoms with Gasteiger partial charge in [0.15, 0.2) is 0 Å². The zero-order valence-electron chi connectivity index (χ0n) is 13.9. The molecule has 0 fully saturated rings. The highest BCUT2D eigenvalue weighted by Crippen LogP contribution is 2.25. The van der Waals surface area contributed by atoms with Crippen LogP contribution in [0.5, 0.6) is 11.5 Å². The molecule has 0 saturated heterocycles. The average molecular weight is 398 g/mol. The van der Waals surface area contributed by atoms with E-state index in [1.807, 2.05) is 0 Å². The van der Waals surface area contributed by atoms with Gasteiger partial charge in [-0.3, -0.25) is 4.68 Å². The van der Waals surface area contributed by atoms with E-state index in [1.54, 1.807) is 19.3 Å². The van der Waals surface area contributed by atoms with Crippen LogP contribution >= 0.6 is 0 Å². The molecule has 0 amide bonds. The summed E-state index contributed by atoms with van der Waals surface area (Å²) in [5.74, 6) is -1.66. The van der Waals surface area contributed by atoms with E-state index in [2.05, 4.69) is 9.28 Å². The van der Waals surface area contributed by atoms with Gasteiger partial charge in [0.25, 0.3) is 0 Å². The molecule has 0 radical (unpaired) electrons. The molecule has 0 bridgehead atoms. The van der Waals surface area contributed by atoms with Crippen LogP contribution in [0.1, 0.15) is 5.56 Å². The molecule has 2 aromatic carbocycles. The van der Waals surface area contributed by atoms with Gasteiger partial charge in [-0.2, -0.15) is 13.5 Å². The second kappa shape index (κ2) is 7.31. The summed E-state index contributed by atoms with van der Waals surface area (Å²) in [5, 5.41) is 4.09. The first kappa shape index (κ1) is 18.8. The van der Waals surface area contributed by atoms with Crippen LogP contribution in [0.4, 0.5) is 12.7 Å². The lowest BCUT2D eigenvalue weighted by atomic mass is 10.1. The van der Waals surface area contributed by atoms with E-state index in [0.717, 1.165) is 24.3 Å². The molecular formula is C17H13F3N2O4S. The summed E-state index contributed by atoms with van der Waals surface area (Å²) in [6, 6.07) is 8.79. The normalized spacial score (nSPS) is 11.4. The summed E-state index contributed by atoms with van der Waals surface area (Å²) in [4.78, 5) is 0. The number of ether oxygens (including phenoxy) is 1. The van der Waals surface area contributed by atoms with Crippen LogP contribution in [0.2, 0.25) is 0 Å². The molecule has 0 unspecified atom stereocenters. The van der Waals surface area contributed by atoms with Crippen molar-refractivity contribution in [1.29, 1.82) is 0 Å². The average Bonchev–Trinajstić information content (AvgIpc) is 3.00. The van der Waals surface area contributed by atoms with Crippen molar-refractivity contribution < 1.29 is 30.0 Å². The number of halogens is 3. The lowest BCUT2D eigenvalue weighted by Gasteiger charge is -2.10. The van der Waals surface area contributed by atoms with E-state index in [4.69, 9.17) is 4.74 Å². The minimum absolute atomic E-state index is 0.186. The Bertz CT molecular complexity index is 1040. The molecule has 0 aliphatic rings. The van der Waals surface area contributed by atoms with Gasteiger partial charge in [-0.25, -0.2) is 8.78 Å². The number of aromatic nitrogens is 2. The van der Waals surface area contributed by atoms with E-state index in [-0.39, 0.29) is 17.1 Å². The number of nitrogens with zero attached hydrogens (tertiary/aromatic N) is 2. The van der Waals surface area contributed by atoms with Gasteiger partial charge in [-0.1, -0.05) is 3.89 Å². The third-order valence-electron chi connectivity index (χ3n) is 3.55. The van der Waals surface area contributed by atoms with Crippen LogP contribution in [0.15, 0.2) is 48.7 Å². The molecule has 1 heterocycles. The van der Waals surface area contributed by atoms with E-state index in [9.17, 15) is 21.1 Å². The highest BCUT2D eigenvalue weighted by Gasteiger charge is 2.15. The maximum Gasteiger partial charge on any atom is 0.488 e. The SMILES string of the molecule is Cn1ccc(-c2cc(F)c(COc3ccc(OS(=O)(=O)F)cc3)c(F)c2)n1. The van der Waals surface area contributed by atoms with Crippen LogP contribution in [-0.4, -0.2) is 18.2 Å². The van der Waals surface area contributed by atoms with E-state index in [1.165, 1.54) is 16.8 Å². The third kappa shape index (κ3) is 4.79. The standard InChI is InChI=1S/C17H13F3N2O4S/c1-22-7-6-17(21-22)11-8-15(18)14(16(19)9-11)10-25-12-2-4-13(5-3-12)26-27(20,23)24/h2-9H,10H2,1H3. The van der Waals surface area contributed by atoms with Crippen molar-refractivity contribution in [2.75, 3.05) is 0 Å². The van der Waals surface area contributed by atoms with Crippen LogP contribution in [0.3, 0.4) is 0 Å². The summed E-state index contributed by atoms with van der Waals surface area (Å²) < 4.78 is 72.6. The number of hydrogen-bond donors (Lipinski definition) is 0. The Labute approximate surface area is 153 Å². The number of hydrogen-bond acceptors (Lipinski definition) is 5. The zero-order chi connectivity index (χ0) is 19.6. The van der Waals surface area contributed by atoms with Crippen LogP contribution in [-0.2, 0) is 24.2 Å².